The Balaban J connectivity index is 0.000000423. The number of hydrogen-bond acceptors (Lipinski definition) is 3. The number of hydrogen-bond donors (Lipinski definition) is 2. The summed E-state index contributed by atoms with van der Waals surface area (Å²) in [4.78, 5) is 0. The van der Waals surface area contributed by atoms with Gasteiger partial charge in [0.15, 0.2) is 0 Å². The predicted molar refractivity (Wildman–Crippen MR) is 60.2 cm³/mol. The Bertz CT molecular complexity index is 255. The second kappa shape index (κ2) is 9.24. The SMILES string of the molecule is C=C(C)OCc1ccccc1.OCCO. The van der Waals surface area contributed by atoms with Crippen molar-refractivity contribution in [1.29, 1.82) is 0 Å². The summed E-state index contributed by atoms with van der Waals surface area (Å²) in [6.07, 6.45) is 0. The van der Waals surface area contributed by atoms with E-state index in [-0.39, 0.29) is 13.2 Å². The van der Waals surface area contributed by atoms with Gasteiger partial charge in [-0.25, -0.2) is 0 Å². The molecule has 2 N–H and O–H groups in total. The summed E-state index contributed by atoms with van der Waals surface area (Å²) in [5, 5.41) is 15.2. The first kappa shape index (κ1) is 13.7. The van der Waals surface area contributed by atoms with Crippen LogP contribution in [-0.2, 0) is 11.3 Å². The largest absolute Gasteiger partial charge is 0.494 e. The van der Waals surface area contributed by atoms with Crippen LogP contribution in [0.1, 0.15) is 12.5 Å². The molecule has 0 aromatic heterocycles. The normalized spacial score (nSPS) is 8.73. The van der Waals surface area contributed by atoms with E-state index < -0.39 is 0 Å². The van der Waals surface area contributed by atoms with Crippen molar-refractivity contribution in [3.63, 3.8) is 0 Å². The zero-order chi connectivity index (χ0) is 11.5. The maximum Gasteiger partial charge on any atom is 0.113 e. The second-order valence-electron chi connectivity index (χ2n) is 2.92. The molecule has 0 amide bonds. The minimum atomic E-state index is -0.125. The van der Waals surface area contributed by atoms with E-state index in [1.54, 1.807) is 0 Å². The van der Waals surface area contributed by atoms with Gasteiger partial charge in [0, 0.05) is 0 Å². The van der Waals surface area contributed by atoms with Crippen molar-refractivity contribution in [2.24, 2.45) is 0 Å². The molecule has 0 bridgehead atoms. The van der Waals surface area contributed by atoms with Crippen molar-refractivity contribution in [3.8, 4) is 0 Å². The van der Waals surface area contributed by atoms with Gasteiger partial charge in [-0.05, 0) is 12.5 Å². The van der Waals surface area contributed by atoms with Gasteiger partial charge in [-0.2, -0.15) is 0 Å². The molecule has 0 saturated carbocycles. The molecule has 0 unspecified atom stereocenters. The first-order valence-corrected chi connectivity index (χ1v) is 4.74. The third-order valence-electron chi connectivity index (χ3n) is 1.43. The number of benzene rings is 1. The van der Waals surface area contributed by atoms with Crippen LogP contribution in [0, 0.1) is 0 Å². The second-order valence-corrected chi connectivity index (χ2v) is 2.92. The van der Waals surface area contributed by atoms with E-state index >= 15 is 0 Å². The summed E-state index contributed by atoms with van der Waals surface area (Å²) < 4.78 is 5.23. The molecule has 84 valence electrons. The topological polar surface area (TPSA) is 49.7 Å². The van der Waals surface area contributed by atoms with E-state index in [0.717, 1.165) is 5.76 Å². The van der Waals surface area contributed by atoms with E-state index in [4.69, 9.17) is 14.9 Å². The summed E-state index contributed by atoms with van der Waals surface area (Å²) in [6.45, 7) is 5.87. The number of aliphatic hydroxyl groups is 2. The monoisotopic (exact) mass is 210 g/mol. The summed E-state index contributed by atoms with van der Waals surface area (Å²) in [7, 11) is 0. The van der Waals surface area contributed by atoms with Gasteiger partial charge in [0.1, 0.15) is 6.61 Å². The Hall–Kier alpha value is -1.32. The van der Waals surface area contributed by atoms with Crippen LogP contribution < -0.4 is 0 Å². The molecule has 0 fully saturated rings. The third kappa shape index (κ3) is 9.00. The average Bonchev–Trinajstić information content (AvgIpc) is 2.28. The summed E-state index contributed by atoms with van der Waals surface area (Å²) in [6, 6.07) is 10.0. The van der Waals surface area contributed by atoms with Gasteiger partial charge < -0.3 is 14.9 Å². The van der Waals surface area contributed by atoms with Gasteiger partial charge in [-0.3, -0.25) is 0 Å². The lowest BCUT2D eigenvalue weighted by atomic mass is 10.2. The standard InChI is InChI=1S/C10H12O.C2H6O2/c1-9(2)11-8-10-6-4-3-5-7-10;3-1-2-4/h3-7H,1,8H2,2H3;3-4H,1-2H2. The maximum atomic E-state index is 7.62. The van der Waals surface area contributed by atoms with Crippen molar-refractivity contribution in [1.82, 2.24) is 0 Å². The van der Waals surface area contributed by atoms with Crippen LogP contribution in [0.15, 0.2) is 42.7 Å². The maximum absolute atomic E-state index is 7.62. The van der Waals surface area contributed by atoms with E-state index in [9.17, 15) is 0 Å². The molecule has 0 saturated heterocycles. The molecular formula is C12H18O3. The van der Waals surface area contributed by atoms with Crippen molar-refractivity contribution < 1.29 is 14.9 Å². The van der Waals surface area contributed by atoms with Gasteiger partial charge in [-0.1, -0.05) is 36.9 Å². The van der Waals surface area contributed by atoms with Crippen LogP contribution in [0.25, 0.3) is 0 Å². The van der Waals surface area contributed by atoms with Crippen molar-refractivity contribution in [2.75, 3.05) is 13.2 Å². The van der Waals surface area contributed by atoms with Crippen molar-refractivity contribution in [2.45, 2.75) is 13.5 Å². The highest BCUT2D eigenvalue weighted by Crippen LogP contribution is 2.02. The molecular weight excluding hydrogens is 192 g/mol. The molecule has 3 nitrogen and oxygen atoms in total. The van der Waals surface area contributed by atoms with Crippen LogP contribution in [-0.4, -0.2) is 23.4 Å². The predicted octanol–water partition coefficient (Wildman–Crippen LogP) is 1.71. The summed E-state index contributed by atoms with van der Waals surface area (Å²) >= 11 is 0. The lowest BCUT2D eigenvalue weighted by Crippen LogP contribution is -1.88. The lowest BCUT2D eigenvalue weighted by Gasteiger charge is -2.03. The molecule has 1 aromatic rings. The first-order chi connectivity index (χ1) is 7.20. The molecule has 3 heteroatoms. The highest BCUT2D eigenvalue weighted by Gasteiger charge is 1.89. The fourth-order valence-corrected chi connectivity index (χ4v) is 0.781. The number of ether oxygens (including phenoxy) is 1. The molecule has 0 radical (unpaired) electrons. The minimum absolute atomic E-state index is 0.125. The third-order valence-corrected chi connectivity index (χ3v) is 1.43. The molecule has 0 aliphatic carbocycles. The minimum Gasteiger partial charge on any atom is -0.494 e. The van der Waals surface area contributed by atoms with Gasteiger partial charge in [0.05, 0.1) is 19.0 Å². The number of aliphatic hydroxyl groups excluding tert-OH is 2. The average molecular weight is 210 g/mol. The highest BCUT2D eigenvalue weighted by molar-refractivity contribution is 5.13. The fourth-order valence-electron chi connectivity index (χ4n) is 0.781. The highest BCUT2D eigenvalue weighted by atomic mass is 16.5. The van der Waals surface area contributed by atoms with Crippen LogP contribution in [0.3, 0.4) is 0 Å². The fraction of sp³-hybridized carbons (Fsp3) is 0.333. The van der Waals surface area contributed by atoms with Crippen molar-refractivity contribution in [3.05, 3.63) is 48.2 Å². The Labute approximate surface area is 90.6 Å². The Morgan fingerprint density at radius 3 is 2.13 bits per heavy atom. The molecule has 0 atom stereocenters. The molecule has 15 heavy (non-hydrogen) atoms. The zero-order valence-corrected chi connectivity index (χ0v) is 9.02. The molecule has 0 heterocycles. The molecule has 1 rings (SSSR count). The first-order valence-electron chi connectivity index (χ1n) is 4.74. The van der Waals surface area contributed by atoms with Crippen LogP contribution in [0.2, 0.25) is 0 Å². The van der Waals surface area contributed by atoms with Crippen LogP contribution in [0.5, 0.6) is 0 Å². The molecule has 0 aliphatic rings. The quantitative estimate of drug-likeness (QED) is 0.744. The Morgan fingerprint density at radius 2 is 1.73 bits per heavy atom. The number of rotatable bonds is 4. The summed E-state index contributed by atoms with van der Waals surface area (Å²) in [5.74, 6) is 0.758. The van der Waals surface area contributed by atoms with E-state index in [1.807, 2.05) is 37.3 Å². The van der Waals surface area contributed by atoms with Crippen LogP contribution in [0.4, 0.5) is 0 Å². The number of allylic oxidation sites excluding steroid dienone is 1. The van der Waals surface area contributed by atoms with Gasteiger partial charge in [0.2, 0.25) is 0 Å². The molecule has 0 spiro atoms. The van der Waals surface area contributed by atoms with Crippen LogP contribution >= 0.6 is 0 Å². The smallest absolute Gasteiger partial charge is 0.113 e. The van der Waals surface area contributed by atoms with Crippen molar-refractivity contribution >= 4 is 0 Å². The summed E-state index contributed by atoms with van der Waals surface area (Å²) in [5.41, 5.74) is 1.18. The van der Waals surface area contributed by atoms with E-state index in [0.29, 0.717) is 6.61 Å². The van der Waals surface area contributed by atoms with E-state index in [1.165, 1.54) is 5.56 Å². The molecule has 1 aromatic carbocycles. The Kier molecular flexibility index (Phi) is 8.43. The molecule has 0 aliphatic heterocycles. The van der Waals surface area contributed by atoms with Gasteiger partial charge in [-0.15, -0.1) is 0 Å². The van der Waals surface area contributed by atoms with E-state index in [2.05, 4.69) is 6.58 Å². The van der Waals surface area contributed by atoms with Gasteiger partial charge >= 0.3 is 0 Å². The van der Waals surface area contributed by atoms with Gasteiger partial charge in [0.25, 0.3) is 0 Å². The lowest BCUT2D eigenvalue weighted by molar-refractivity contribution is 0.186. The Morgan fingerprint density at radius 1 is 1.20 bits per heavy atom. The zero-order valence-electron chi connectivity index (χ0n) is 9.02.